The second-order valence-corrected chi connectivity index (χ2v) is 4.18. The van der Waals surface area contributed by atoms with E-state index in [9.17, 15) is 4.79 Å². The van der Waals surface area contributed by atoms with Crippen LogP contribution in [0.2, 0.25) is 0 Å². The van der Waals surface area contributed by atoms with E-state index < -0.39 is 0 Å². The minimum Gasteiger partial charge on any atom is -0.371 e. The lowest BCUT2D eigenvalue weighted by molar-refractivity contribution is -0.142. The summed E-state index contributed by atoms with van der Waals surface area (Å²) in [5, 5.41) is 0.418. The fourth-order valence-electron chi connectivity index (χ4n) is 1.48. The SMILES string of the molecule is COC1CCN2C(=O)C[C@H]2S1. The van der Waals surface area contributed by atoms with Crippen LogP contribution in [0.3, 0.4) is 0 Å². The maximum atomic E-state index is 10.9. The van der Waals surface area contributed by atoms with Gasteiger partial charge in [0.25, 0.3) is 0 Å². The van der Waals surface area contributed by atoms with Crippen molar-refractivity contribution in [2.75, 3.05) is 13.7 Å². The minimum absolute atomic E-state index is 0.303. The normalized spacial score (nSPS) is 36.5. The average Bonchev–Trinajstić information content (AvgIpc) is 2.02. The molecule has 1 amide bonds. The van der Waals surface area contributed by atoms with E-state index in [0.717, 1.165) is 13.0 Å². The maximum absolute atomic E-state index is 10.9. The fraction of sp³-hybridized carbons (Fsp3) is 0.857. The Hall–Kier alpha value is -0.220. The predicted octanol–water partition coefficient (Wildman–Crippen LogP) is 0.654. The molecular formula is C7H11NO2S. The van der Waals surface area contributed by atoms with Crippen LogP contribution in [0.4, 0.5) is 0 Å². The minimum atomic E-state index is 0.303. The van der Waals surface area contributed by atoms with Gasteiger partial charge in [0.1, 0.15) is 5.44 Å². The number of β-lactam (4-membered cyclic amide) rings is 1. The average molecular weight is 173 g/mol. The quantitative estimate of drug-likeness (QED) is 0.545. The van der Waals surface area contributed by atoms with Crippen molar-refractivity contribution in [1.29, 1.82) is 0 Å². The second-order valence-electron chi connectivity index (χ2n) is 2.84. The number of amides is 1. The van der Waals surface area contributed by atoms with Crippen LogP contribution in [0, 0.1) is 0 Å². The van der Waals surface area contributed by atoms with E-state index in [1.54, 1.807) is 18.9 Å². The summed E-state index contributed by atoms with van der Waals surface area (Å²) in [4.78, 5) is 12.9. The van der Waals surface area contributed by atoms with Crippen LogP contribution in [0.5, 0.6) is 0 Å². The van der Waals surface area contributed by atoms with Gasteiger partial charge in [-0.2, -0.15) is 0 Å². The summed E-state index contributed by atoms with van der Waals surface area (Å²) in [5.74, 6) is 0.303. The number of carbonyl (C=O) groups is 1. The Kier molecular flexibility index (Phi) is 1.81. The standard InChI is InChI=1S/C7H11NO2S/c1-10-7-2-3-8-5(9)4-6(8)11-7/h6-7H,2-4H2,1H3/t6-,7?/m1/s1. The molecule has 11 heavy (non-hydrogen) atoms. The summed E-state index contributed by atoms with van der Waals surface area (Å²) in [6.07, 6.45) is 1.69. The maximum Gasteiger partial charge on any atom is 0.226 e. The van der Waals surface area contributed by atoms with Gasteiger partial charge >= 0.3 is 0 Å². The summed E-state index contributed by atoms with van der Waals surface area (Å²) in [7, 11) is 1.73. The van der Waals surface area contributed by atoms with Crippen molar-refractivity contribution in [2.45, 2.75) is 23.7 Å². The molecule has 2 aliphatic rings. The van der Waals surface area contributed by atoms with Crippen molar-refractivity contribution in [3.63, 3.8) is 0 Å². The van der Waals surface area contributed by atoms with E-state index in [1.165, 1.54) is 0 Å². The molecular weight excluding hydrogens is 162 g/mol. The molecule has 1 unspecified atom stereocenters. The molecule has 0 aromatic carbocycles. The van der Waals surface area contributed by atoms with Crippen molar-refractivity contribution >= 4 is 17.7 Å². The first kappa shape index (κ1) is 7.43. The van der Waals surface area contributed by atoms with Gasteiger partial charge in [-0.3, -0.25) is 4.79 Å². The number of thioether (sulfide) groups is 1. The van der Waals surface area contributed by atoms with Gasteiger partial charge in [0.15, 0.2) is 0 Å². The van der Waals surface area contributed by atoms with Gasteiger partial charge in [0, 0.05) is 20.1 Å². The lowest BCUT2D eigenvalue weighted by atomic mass is 10.2. The Labute approximate surface area is 70.1 Å². The van der Waals surface area contributed by atoms with E-state index in [1.807, 2.05) is 4.90 Å². The third-order valence-electron chi connectivity index (χ3n) is 2.19. The Bertz CT molecular complexity index is 185. The molecule has 2 heterocycles. The van der Waals surface area contributed by atoms with Crippen LogP contribution in [0.25, 0.3) is 0 Å². The fourth-order valence-corrected chi connectivity index (χ4v) is 2.79. The Balaban J connectivity index is 1.92. The summed E-state index contributed by atoms with van der Waals surface area (Å²) >= 11 is 1.77. The van der Waals surface area contributed by atoms with Crippen molar-refractivity contribution in [3.8, 4) is 0 Å². The molecule has 2 aliphatic heterocycles. The molecule has 2 fully saturated rings. The van der Waals surface area contributed by atoms with Gasteiger partial charge in [0.2, 0.25) is 5.91 Å². The first-order valence-corrected chi connectivity index (χ1v) is 4.73. The molecule has 2 rings (SSSR count). The van der Waals surface area contributed by atoms with Crippen LogP contribution in [-0.2, 0) is 9.53 Å². The van der Waals surface area contributed by atoms with E-state index in [0.29, 0.717) is 23.1 Å². The van der Waals surface area contributed by atoms with Crippen molar-refractivity contribution < 1.29 is 9.53 Å². The van der Waals surface area contributed by atoms with Gasteiger partial charge in [-0.15, -0.1) is 11.8 Å². The Morgan fingerprint density at radius 1 is 1.73 bits per heavy atom. The molecule has 0 radical (unpaired) electrons. The van der Waals surface area contributed by atoms with Crippen molar-refractivity contribution in [2.24, 2.45) is 0 Å². The highest BCUT2D eigenvalue weighted by atomic mass is 32.2. The molecule has 0 aromatic heterocycles. The van der Waals surface area contributed by atoms with Crippen LogP contribution < -0.4 is 0 Å². The van der Waals surface area contributed by atoms with Crippen LogP contribution in [0.15, 0.2) is 0 Å². The molecule has 0 bridgehead atoms. The molecule has 2 atom stereocenters. The largest absolute Gasteiger partial charge is 0.371 e. The summed E-state index contributed by atoms with van der Waals surface area (Å²) in [6.45, 7) is 0.884. The highest BCUT2D eigenvalue weighted by molar-refractivity contribution is 8.00. The summed E-state index contributed by atoms with van der Waals surface area (Å²) in [6, 6.07) is 0. The van der Waals surface area contributed by atoms with E-state index in [2.05, 4.69) is 0 Å². The predicted molar refractivity (Wildman–Crippen MR) is 43.1 cm³/mol. The van der Waals surface area contributed by atoms with E-state index in [4.69, 9.17) is 4.74 Å². The molecule has 0 spiro atoms. The molecule has 3 nitrogen and oxygen atoms in total. The number of ether oxygens (including phenoxy) is 1. The lowest BCUT2D eigenvalue weighted by Crippen LogP contribution is -2.54. The molecule has 0 N–H and O–H groups in total. The monoisotopic (exact) mass is 173 g/mol. The van der Waals surface area contributed by atoms with Gasteiger partial charge in [-0.05, 0) is 0 Å². The molecule has 4 heteroatoms. The molecule has 0 aliphatic carbocycles. The lowest BCUT2D eigenvalue weighted by Gasteiger charge is -2.45. The summed E-state index contributed by atoms with van der Waals surface area (Å²) in [5.41, 5.74) is 0.310. The highest BCUT2D eigenvalue weighted by Gasteiger charge is 2.41. The smallest absolute Gasteiger partial charge is 0.226 e. The van der Waals surface area contributed by atoms with Gasteiger partial charge in [0.05, 0.1) is 11.8 Å². The van der Waals surface area contributed by atoms with Crippen molar-refractivity contribution in [3.05, 3.63) is 0 Å². The number of methoxy groups -OCH3 is 1. The third-order valence-corrected chi connectivity index (χ3v) is 3.66. The summed E-state index contributed by atoms with van der Waals surface area (Å²) < 4.78 is 5.20. The highest BCUT2D eigenvalue weighted by Crippen LogP contribution is 2.38. The zero-order valence-corrected chi connectivity index (χ0v) is 7.26. The van der Waals surface area contributed by atoms with E-state index >= 15 is 0 Å². The third kappa shape index (κ3) is 1.14. The Morgan fingerprint density at radius 3 is 3.09 bits per heavy atom. The number of rotatable bonds is 1. The molecule has 0 aromatic rings. The zero-order valence-electron chi connectivity index (χ0n) is 6.45. The topological polar surface area (TPSA) is 29.5 Å². The number of carbonyl (C=O) groups excluding carboxylic acids is 1. The number of hydrogen-bond donors (Lipinski definition) is 0. The van der Waals surface area contributed by atoms with Gasteiger partial charge in [-0.25, -0.2) is 0 Å². The van der Waals surface area contributed by atoms with E-state index in [-0.39, 0.29) is 0 Å². The first-order chi connectivity index (χ1) is 5.31. The Morgan fingerprint density at radius 2 is 2.55 bits per heavy atom. The zero-order chi connectivity index (χ0) is 7.84. The number of nitrogens with zero attached hydrogens (tertiary/aromatic N) is 1. The number of hydrogen-bond acceptors (Lipinski definition) is 3. The molecule has 2 saturated heterocycles. The van der Waals surface area contributed by atoms with Crippen LogP contribution >= 0.6 is 11.8 Å². The van der Waals surface area contributed by atoms with Gasteiger partial charge in [-0.1, -0.05) is 0 Å². The van der Waals surface area contributed by atoms with Gasteiger partial charge < -0.3 is 9.64 Å². The second kappa shape index (κ2) is 2.68. The number of fused-ring (bicyclic) bond motifs is 1. The van der Waals surface area contributed by atoms with Crippen LogP contribution in [0.1, 0.15) is 12.8 Å². The molecule has 0 saturated carbocycles. The molecule has 62 valence electrons. The first-order valence-electron chi connectivity index (χ1n) is 3.79. The van der Waals surface area contributed by atoms with Crippen molar-refractivity contribution in [1.82, 2.24) is 4.90 Å². The van der Waals surface area contributed by atoms with Crippen LogP contribution in [-0.4, -0.2) is 35.3 Å².